The van der Waals surface area contributed by atoms with Crippen LogP contribution in [-0.4, -0.2) is 30.3 Å². The summed E-state index contributed by atoms with van der Waals surface area (Å²) in [4.78, 5) is 5.07. The Hall–Kier alpha value is -1.82. The third-order valence-corrected chi connectivity index (χ3v) is 6.36. The number of nitrogens with zero attached hydrogens (tertiary/aromatic N) is 2. The van der Waals surface area contributed by atoms with Gasteiger partial charge in [-0.1, -0.05) is 13.3 Å². The lowest BCUT2D eigenvalue weighted by molar-refractivity contribution is 0.340. The third kappa shape index (κ3) is 3.89. The van der Waals surface area contributed by atoms with Crippen molar-refractivity contribution in [2.45, 2.75) is 57.4 Å². The van der Waals surface area contributed by atoms with Gasteiger partial charge in [0, 0.05) is 24.7 Å². The fourth-order valence-corrected chi connectivity index (χ4v) is 4.64. The van der Waals surface area contributed by atoms with E-state index in [-0.39, 0.29) is 5.75 Å². The third-order valence-electron chi connectivity index (χ3n) is 4.56. The maximum atomic E-state index is 12.5. The molecule has 0 amide bonds. The van der Waals surface area contributed by atoms with Crippen LogP contribution in [-0.2, 0) is 22.8 Å². The summed E-state index contributed by atoms with van der Waals surface area (Å²) in [6.45, 7) is 5.37. The van der Waals surface area contributed by atoms with Gasteiger partial charge in [-0.2, -0.15) is 0 Å². The topological polar surface area (TPSA) is 61.2 Å². The molecule has 6 heteroatoms. The molecule has 0 spiro atoms. The van der Waals surface area contributed by atoms with E-state index in [0.717, 1.165) is 36.5 Å². The molecule has 0 saturated carbocycles. The number of sulfone groups is 1. The fourth-order valence-electron chi connectivity index (χ4n) is 3.18. The Labute approximate surface area is 150 Å². The predicted octanol–water partition coefficient (Wildman–Crippen LogP) is 3.86. The van der Waals surface area contributed by atoms with Crippen LogP contribution in [0.15, 0.2) is 29.3 Å². The summed E-state index contributed by atoms with van der Waals surface area (Å²) in [5.74, 6) is 1.87. The minimum atomic E-state index is -3.27. The Kier molecular flexibility index (Phi) is 5.47. The van der Waals surface area contributed by atoms with Crippen LogP contribution in [0.5, 0.6) is 5.75 Å². The van der Waals surface area contributed by atoms with E-state index >= 15 is 0 Å². The highest BCUT2D eigenvalue weighted by atomic mass is 32.2. The van der Waals surface area contributed by atoms with Gasteiger partial charge in [0.15, 0.2) is 9.84 Å². The average Bonchev–Trinajstić information content (AvgIpc) is 3.04. The average molecular weight is 362 g/mol. The van der Waals surface area contributed by atoms with Crippen molar-refractivity contribution >= 4 is 9.84 Å². The monoisotopic (exact) mass is 362 g/mol. The van der Waals surface area contributed by atoms with Crippen LogP contribution < -0.4 is 4.74 Å². The van der Waals surface area contributed by atoms with Crippen molar-refractivity contribution in [1.29, 1.82) is 0 Å². The molecule has 5 nitrogen and oxygen atoms in total. The quantitative estimate of drug-likeness (QED) is 0.750. The molecule has 2 heterocycles. The second-order valence-electron chi connectivity index (χ2n) is 6.46. The first-order valence-corrected chi connectivity index (χ1v) is 10.8. The van der Waals surface area contributed by atoms with Gasteiger partial charge in [0.1, 0.15) is 11.6 Å². The first kappa shape index (κ1) is 18.0. The molecule has 25 heavy (non-hydrogen) atoms. The van der Waals surface area contributed by atoms with Crippen LogP contribution in [0.25, 0.3) is 11.3 Å². The van der Waals surface area contributed by atoms with E-state index in [1.165, 1.54) is 12.8 Å². The normalized spacial score (nSPS) is 14.3. The van der Waals surface area contributed by atoms with Gasteiger partial charge >= 0.3 is 0 Å². The summed E-state index contributed by atoms with van der Waals surface area (Å²) in [7, 11) is -3.27. The molecule has 0 bridgehead atoms. The molecule has 1 aromatic heterocycles. The SMILES string of the molecule is CCCCS(=O)(=O)c1ccc(-c2cn3c(n2)CCCC3)c(OCC)c1. The van der Waals surface area contributed by atoms with Gasteiger partial charge in [-0.25, -0.2) is 13.4 Å². The molecule has 0 atom stereocenters. The lowest BCUT2D eigenvalue weighted by atomic mass is 10.1. The van der Waals surface area contributed by atoms with Crippen molar-refractivity contribution in [1.82, 2.24) is 9.55 Å². The number of benzene rings is 1. The summed E-state index contributed by atoms with van der Waals surface area (Å²) in [6, 6.07) is 5.17. The number of unbranched alkanes of at least 4 members (excludes halogenated alkanes) is 1. The van der Waals surface area contributed by atoms with Crippen molar-refractivity contribution in [3.63, 3.8) is 0 Å². The molecule has 1 aromatic carbocycles. The van der Waals surface area contributed by atoms with Crippen molar-refractivity contribution < 1.29 is 13.2 Å². The molecule has 0 radical (unpaired) electrons. The standard InChI is InChI=1S/C19H26N2O3S/c1-3-5-12-25(22,23)15-9-10-16(18(13-15)24-4-2)17-14-21-11-7-6-8-19(21)20-17/h9-10,13-14H,3-8,11-12H2,1-2H3. The van der Waals surface area contributed by atoms with Gasteiger partial charge in [0.05, 0.1) is 22.9 Å². The number of aryl methyl sites for hydroxylation is 2. The summed E-state index contributed by atoms with van der Waals surface area (Å²) >= 11 is 0. The zero-order chi connectivity index (χ0) is 17.9. The van der Waals surface area contributed by atoms with Crippen LogP contribution in [0.1, 0.15) is 45.4 Å². The molecule has 0 aliphatic carbocycles. The maximum Gasteiger partial charge on any atom is 0.178 e. The van der Waals surface area contributed by atoms with Crippen LogP contribution in [0.4, 0.5) is 0 Å². The van der Waals surface area contributed by atoms with Gasteiger partial charge in [-0.15, -0.1) is 0 Å². The number of rotatable bonds is 7. The van der Waals surface area contributed by atoms with Gasteiger partial charge in [-0.05, 0) is 44.4 Å². The lowest BCUT2D eigenvalue weighted by Crippen LogP contribution is -2.08. The van der Waals surface area contributed by atoms with E-state index in [0.29, 0.717) is 23.7 Å². The molecule has 0 fully saturated rings. The minimum absolute atomic E-state index is 0.174. The molecule has 136 valence electrons. The molecular weight excluding hydrogens is 336 g/mol. The Balaban J connectivity index is 1.98. The van der Waals surface area contributed by atoms with Gasteiger partial charge < -0.3 is 9.30 Å². The first-order chi connectivity index (χ1) is 12.0. The minimum Gasteiger partial charge on any atom is -0.493 e. The predicted molar refractivity (Wildman–Crippen MR) is 98.7 cm³/mol. The van der Waals surface area contributed by atoms with E-state index in [9.17, 15) is 8.42 Å². The number of hydrogen-bond donors (Lipinski definition) is 0. The summed E-state index contributed by atoms with van der Waals surface area (Å²) < 4.78 is 32.9. The van der Waals surface area contributed by atoms with E-state index in [1.807, 2.05) is 19.9 Å². The van der Waals surface area contributed by atoms with E-state index in [1.54, 1.807) is 12.1 Å². The fraction of sp³-hybridized carbons (Fsp3) is 0.526. The van der Waals surface area contributed by atoms with Gasteiger partial charge in [-0.3, -0.25) is 0 Å². The zero-order valence-corrected chi connectivity index (χ0v) is 15.8. The first-order valence-electron chi connectivity index (χ1n) is 9.11. The Bertz CT molecular complexity index is 817. The van der Waals surface area contributed by atoms with Crippen LogP contribution in [0.2, 0.25) is 0 Å². The molecule has 1 aliphatic heterocycles. The van der Waals surface area contributed by atoms with E-state index < -0.39 is 9.84 Å². The van der Waals surface area contributed by atoms with Crippen LogP contribution in [0.3, 0.4) is 0 Å². The second-order valence-corrected chi connectivity index (χ2v) is 8.57. The Morgan fingerprint density at radius 1 is 1.24 bits per heavy atom. The Morgan fingerprint density at radius 3 is 2.80 bits per heavy atom. The maximum absolute atomic E-state index is 12.5. The van der Waals surface area contributed by atoms with Crippen molar-refractivity contribution in [3.8, 4) is 17.0 Å². The van der Waals surface area contributed by atoms with Crippen molar-refractivity contribution in [2.24, 2.45) is 0 Å². The number of ether oxygens (including phenoxy) is 1. The largest absolute Gasteiger partial charge is 0.493 e. The van der Waals surface area contributed by atoms with Gasteiger partial charge in [0.25, 0.3) is 0 Å². The molecule has 0 saturated heterocycles. The lowest BCUT2D eigenvalue weighted by Gasteiger charge is -2.12. The highest BCUT2D eigenvalue weighted by molar-refractivity contribution is 7.91. The van der Waals surface area contributed by atoms with E-state index in [4.69, 9.17) is 9.72 Å². The number of hydrogen-bond acceptors (Lipinski definition) is 4. The van der Waals surface area contributed by atoms with Gasteiger partial charge in [0.2, 0.25) is 0 Å². The smallest absolute Gasteiger partial charge is 0.178 e. The highest BCUT2D eigenvalue weighted by Crippen LogP contribution is 2.33. The zero-order valence-electron chi connectivity index (χ0n) is 15.0. The van der Waals surface area contributed by atoms with E-state index in [2.05, 4.69) is 10.8 Å². The number of fused-ring (bicyclic) bond motifs is 1. The molecule has 1 aliphatic rings. The van der Waals surface area contributed by atoms with Crippen molar-refractivity contribution in [2.75, 3.05) is 12.4 Å². The van der Waals surface area contributed by atoms with Crippen LogP contribution in [0, 0.1) is 0 Å². The molecule has 2 aromatic rings. The number of imidazole rings is 1. The molecule has 3 rings (SSSR count). The highest BCUT2D eigenvalue weighted by Gasteiger charge is 2.20. The summed E-state index contributed by atoms with van der Waals surface area (Å²) in [5, 5.41) is 0. The molecular formula is C19H26N2O3S. The molecule has 0 unspecified atom stereocenters. The summed E-state index contributed by atoms with van der Waals surface area (Å²) in [5.41, 5.74) is 1.72. The number of aromatic nitrogens is 2. The molecule has 0 N–H and O–H groups in total. The van der Waals surface area contributed by atoms with Crippen molar-refractivity contribution in [3.05, 3.63) is 30.2 Å². The second kappa shape index (κ2) is 7.60. The van der Waals surface area contributed by atoms with Crippen LogP contribution >= 0.6 is 0 Å². The Morgan fingerprint density at radius 2 is 2.08 bits per heavy atom. The summed E-state index contributed by atoms with van der Waals surface area (Å²) in [6.07, 6.45) is 6.92.